The minimum absolute atomic E-state index is 0.368. The number of nitrogens with zero attached hydrogens (tertiary/aromatic N) is 5. The third-order valence-electron chi connectivity index (χ3n) is 5.29. The van der Waals surface area contributed by atoms with E-state index < -0.39 is 6.29 Å². The van der Waals surface area contributed by atoms with Crippen LogP contribution >= 0.6 is 0 Å². The molecule has 0 spiro atoms. The summed E-state index contributed by atoms with van der Waals surface area (Å²) in [6.45, 7) is 2.59. The van der Waals surface area contributed by atoms with Crippen LogP contribution in [-0.2, 0) is 9.57 Å². The smallest absolute Gasteiger partial charge is 0.276 e. The van der Waals surface area contributed by atoms with Crippen LogP contribution < -0.4 is 10.8 Å². The van der Waals surface area contributed by atoms with E-state index in [0.29, 0.717) is 23.9 Å². The largest absolute Gasteiger partial charge is 0.350 e. The molecule has 168 valence electrons. The van der Waals surface area contributed by atoms with Gasteiger partial charge in [-0.05, 0) is 50.1 Å². The second kappa shape index (κ2) is 9.31. The van der Waals surface area contributed by atoms with Crippen molar-refractivity contribution in [3.63, 3.8) is 0 Å². The van der Waals surface area contributed by atoms with Crippen molar-refractivity contribution in [3.05, 3.63) is 66.2 Å². The average molecular weight is 445 g/mol. The lowest BCUT2D eigenvalue weighted by molar-refractivity contribution is -0.186. The van der Waals surface area contributed by atoms with Crippen LogP contribution in [0.25, 0.3) is 17.0 Å². The van der Waals surface area contributed by atoms with Crippen molar-refractivity contribution < 1.29 is 14.4 Å². The van der Waals surface area contributed by atoms with E-state index >= 15 is 0 Å². The molecule has 2 N–H and O–H groups in total. The Morgan fingerprint density at radius 3 is 2.91 bits per heavy atom. The number of carbonyl (C=O) groups is 1. The van der Waals surface area contributed by atoms with E-state index in [1.54, 1.807) is 18.3 Å². The lowest BCUT2D eigenvalue weighted by Crippen LogP contribution is -2.33. The molecule has 5 rings (SSSR count). The number of imidazole rings is 1. The Labute approximate surface area is 190 Å². The van der Waals surface area contributed by atoms with Crippen LogP contribution in [0.3, 0.4) is 0 Å². The quantitative estimate of drug-likeness (QED) is 0.434. The van der Waals surface area contributed by atoms with Crippen LogP contribution in [0.2, 0.25) is 0 Å². The molecular weight excluding hydrogens is 422 g/mol. The normalized spacial score (nSPS) is 16.0. The third kappa shape index (κ3) is 4.66. The van der Waals surface area contributed by atoms with Crippen LogP contribution in [0, 0.1) is 6.92 Å². The fourth-order valence-electron chi connectivity index (χ4n) is 3.67. The maximum atomic E-state index is 12.3. The van der Waals surface area contributed by atoms with Crippen LogP contribution in [0.4, 0.5) is 11.8 Å². The summed E-state index contributed by atoms with van der Waals surface area (Å²) < 4.78 is 7.43. The molecule has 1 saturated heterocycles. The van der Waals surface area contributed by atoms with Gasteiger partial charge in [-0.1, -0.05) is 6.07 Å². The fraction of sp³-hybridized carbons (Fsp3) is 0.261. The van der Waals surface area contributed by atoms with Crippen molar-refractivity contribution in [2.75, 3.05) is 11.9 Å². The Kier molecular flexibility index (Phi) is 5.92. The Hall–Kier alpha value is -3.89. The van der Waals surface area contributed by atoms with Gasteiger partial charge in [0.05, 0.1) is 22.6 Å². The molecule has 0 saturated carbocycles. The molecule has 1 amide bonds. The molecule has 5 heterocycles. The van der Waals surface area contributed by atoms with E-state index in [1.807, 2.05) is 41.8 Å². The molecule has 0 bridgehead atoms. The van der Waals surface area contributed by atoms with E-state index in [2.05, 4.69) is 30.7 Å². The number of rotatable bonds is 6. The molecular formula is C23H23N7O3. The number of aryl methyl sites for hydroxylation is 1. The van der Waals surface area contributed by atoms with Crippen LogP contribution in [-0.4, -0.2) is 43.1 Å². The van der Waals surface area contributed by atoms with Crippen molar-refractivity contribution in [1.29, 1.82) is 0 Å². The summed E-state index contributed by atoms with van der Waals surface area (Å²) in [7, 11) is 0. The van der Waals surface area contributed by atoms with Gasteiger partial charge in [0, 0.05) is 31.6 Å². The number of aromatic nitrogens is 5. The van der Waals surface area contributed by atoms with Gasteiger partial charge in [-0.15, -0.1) is 0 Å². The Morgan fingerprint density at radius 2 is 2.09 bits per heavy atom. The zero-order valence-electron chi connectivity index (χ0n) is 18.1. The van der Waals surface area contributed by atoms with Crippen LogP contribution in [0.1, 0.15) is 35.3 Å². The molecule has 0 radical (unpaired) electrons. The number of anilines is 2. The van der Waals surface area contributed by atoms with Crippen molar-refractivity contribution in [2.45, 2.75) is 32.5 Å². The third-order valence-corrected chi connectivity index (χ3v) is 5.29. The first-order chi connectivity index (χ1) is 16.2. The number of hydroxylamine groups is 1. The maximum Gasteiger partial charge on any atom is 0.276 e. The fourth-order valence-corrected chi connectivity index (χ4v) is 3.67. The Bertz CT molecular complexity index is 1270. The second-order valence-electron chi connectivity index (χ2n) is 7.64. The van der Waals surface area contributed by atoms with Crippen LogP contribution in [0.15, 0.2) is 55.0 Å². The minimum Gasteiger partial charge on any atom is -0.350 e. The summed E-state index contributed by atoms with van der Waals surface area (Å²) in [6.07, 6.45) is 7.47. The molecule has 1 fully saturated rings. The van der Waals surface area contributed by atoms with Crippen molar-refractivity contribution in [3.8, 4) is 11.4 Å². The molecule has 1 aliphatic rings. The number of hydrogen-bond donors (Lipinski definition) is 2. The minimum atomic E-state index is -0.405. The number of fused-ring (bicyclic) bond motifs is 1. The molecule has 1 unspecified atom stereocenters. The van der Waals surface area contributed by atoms with Gasteiger partial charge in [-0.2, -0.15) is 0 Å². The lowest BCUT2D eigenvalue weighted by Gasteiger charge is -2.22. The van der Waals surface area contributed by atoms with Gasteiger partial charge in [0.2, 0.25) is 5.95 Å². The molecule has 10 nitrogen and oxygen atoms in total. The van der Waals surface area contributed by atoms with Gasteiger partial charge in [0.25, 0.3) is 5.91 Å². The zero-order chi connectivity index (χ0) is 22.6. The van der Waals surface area contributed by atoms with Gasteiger partial charge < -0.3 is 10.1 Å². The highest BCUT2D eigenvalue weighted by Gasteiger charge is 2.17. The number of carbonyl (C=O) groups excluding carboxylic acids is 1. The van der Waals surface area contributed by atoms with Gasteiger partial charge in [0.1, 0.15) is 11.5 Å². The predicted octanol–water partition coefficient (Wildman–Crippen LogP) is 3.43. The lowest BCUT2D eigenvalue weighted by atomic mass is 10.2. The summed E-state index contributed by atoms with van der Waals surface area (Å²) in [5.41, 5.74) is 6.16. The number of ether oxygens (including phenoxy) is 1. The van der Waals surface area contributed by atoms with E-state index in [0.717, 1.165) is 42.0 Å². The summed E-state index contributed by atoms with van der Waals surface area (Å²) >= 11 is 0. The summed E-state index contributed by atoms with van der Waals surface area (Å²) in [6, 6.07) is 11.0. The summed E-state index contributed by atoms with van der Waals surface area (Å²) in [5, 5.41) is 3.08. The van der Waals surface area contributed by atoms with Crippen molar-refractivity contribution >= 4 is 23.3 Å². The second-order valence-corrected chi connectivity index (χ2v) is 7.64. The number of amides is 1. The van der Waals surface area contributed by atoms with Crippen molar-refractivity contribution in [2.24, 2.45) is 0 Å². The van der Waals surface area contributed by atoms with Gasteiger partial charge in [-0.25, -0.2) is 30.3 Å². The van der Waals surface area contributed by atoms with E-state index in [-0.39, 0.29) is 5.91 Å². The molecule has 4 aromatic heterocycles. The van der Waals surface area contributed by atoms with E-state index in [4.69, 9.17) is 9.57 Å². The number of hydrogen-bond acceptors (Lipinski definition) is 8. The highest BCUT2D eigenvalue weighted by molar-refractivity contribution is 5.93. The molecule has 33 heavy (non-hydrogen) atoms. The molecule has 1 aliphatic heterocycles. The topological polar surface area (TPSA) is 116 Å². The van der Waals surface area contributed by atoms with Gasteiger partial charge >= 0.3 is 0 Å². The highest BCUT2D eigenvalue weighted by atomic mass is 16.8. The van der Waals surface area contributed by atoms with E-state index in [9.17, 15) is 4.79 Å². The standard InChI is InChI=1S/C23H23N7O3/c1-15-21(30-12-4-2-6-19(30)26-15)17-10-11-24-23(27-17)28-18-9-8-16(14-25-18)22(31)29-33-20-7-3-5-13-32-20/h2,4,6,8-12,14,20H,3,5,7,13H2,1H3,(H,29,31)(H,24,25,27,28). The molecule has 0 aromatic carbocycles. The molecule has 10 heteroatoms. The molecule has 4 aromatic rings. The average Bonchev–Trinajstić information content (AvgIpc) is 3.19. The van der Waals surface area contributed by atoms with Crippen molar-refractivity contribution in [1.82, 2.24) is 29.8 Å². The SMILES string of the molecule is Cc1nc2ccccn2c1-c1ccnc(Nc2ccc(C(=O)NOC3CCCCO3)cn2)n1. The first kappa shape index (κ1) is 21.0. The monoisotopic (exact) mass is 445 g/mol. The molecule has 0 aliphatic carbocycles. The first-order valence-corrected chi connectivity index (χ1v) is 10.8. The Morgan fingerprint density at radius 1 is 1.15 bits per heavy atom. The maximum absolute atomic E-state index is 12.3. The first-order valence-electron chi connectivity index (χ1n) is 10.8. The van der Waals surface area contributed by atoms with E-state index in [1.165, 1.54) is 6.20 Å². The predicted molar refractivity (Wildman–Crippen MR) is 121 cm³/mol. The Balaban J connectivity index is 1.27. The van der Waals surface area contributed by atoms with Gasteiger partial charge in [0.15, 0.2) is 6.29 Å². The molecule has 1 atom stereocenters. The summed E-state index contributed by atoms with van der Waals surface area (Å²) in [5.74, 6) is 0.514. The summed E-state index contributed by atoms with van der Waals surface area (Å²) in [4.78, 5) is 35.4. The zero-order valence-corrected chi connectivity index (χ0v) is 18.1. The van der Waals surface area contributed by atoms with Gasteiger partial charge in [-0.3, -0.25) is 9.20 Å². The highest BCUT2D eigenvalue weighted by Crippen LogP contribution is 2.24. The number of pyridine rings is 2. The van der Waals surface area contributed by atoms with Crippen LogP contribution in [0.5, 0.6) is 0 Å². The number of nitrogens with one attached hydrogen (secondary N) is 2.